The van der Waals surface area contributed by atoms with E-state index in [0.29, 0.717) is 6.61 Å². The van der Waals surface area contributed by atoms with Gasteiger partial charge in [-0.05, 0) is 31.2 Å². The van der Waals surface area contributed by atoms with Gasteiger partial charge in [-0.2, -0.15) is 5.26 Å². The molecule has 7 nitrogen and oxygen atoms in total. The monoisotopic (exact) mass is 383 g/mol. The fourth-order valence-corrected chi connectivity index (χ4v) is 2.68. The van der Waals surface area contributed by atoms with Gasteiger partial charge in [-0.15, -0.1) is 0 Å². The van der Waals surface area contributed by atoms with Crippen molar-refractivity contribution in [3.63, 3.8) is 0 Å². The number of rotatable bonds is 7. The van der Waals surface area contributed by atoms with Gasteiger partial charge in [-0.25, -0.2) is 4.39 Å². The van der Waals surface area contributed by atoms with Gasteiger partial charge in [0.1, 0.15) is 29.6 Å². The van der Waals surface area contributed by atoms with Crippen LogP contribution in [0.3, 0.4) is 0 Å². The van der Waals surface area contributed by atoms with Gasteiger partial charge in [-0.1, -0.05) is 0 Å². The molecular formula is C20H18FN3O4. The zero-order chi connectivity index (χ0) is 20.1. The maximum atomic E-state index is 14.2. The lowest BCUT2D eigenvalue weighted by atomic mass is 10.1. The van der Waals surface area contributed by atoms with Crippen LogP contribution in [0.5, 0.6) is 5.75 Å². The van der Waals surface area contributed by atoms with E-state index in [0.717, 1.165) is 6.07 Å². The molecule has 2 aromatic heterocycles. The van der Waals surface area contributed by atoms with Crippen LogP contribution in [0.25, 0.3) is 5.88 Å². The quantitative estimate of drug-likeness (QED) is 0.629. The Hall–Kier alpha value is -3.57. The van der Waals surface area contributed by atoms with Gasteiger partial charge >= 0.3 is 0 Å². The zero-order valence-electron chi connectivity index (χ0n) is 15.4. The molecule has 0 aliphatic carbocycles. The third-order valence-electron chi connectivity index (χ3n) is 3.98. The van der Waals surface area contributed by atoms with Crippen LogP contribution in [0.15, 0.2) is 47.1 Å². The first-order valence-electron chi connectivity index (χ1n) is 8.44. The number of nitrogens with one attached hydrogen (secondary N) is 1. The Bertz CT molecular complexity index is 1020. The standard InChI is InChI=1S/C20H18FN3O4/c1-13-18(15(12-22)20(28-13)24-7-3-4-8-24)19(25)23-14-5-6-17(16(21)11-14)27-10-9-26-2/h3-8,11H,9-10H2,1-2H3,(H,23,25). The van der Waals surface area contributed by atoms with Gasteiger partial charge in [0.2, 0.25) is 5.88 Å². The number of furan rings is 1. The van der Waals surface area contributed by atoms with E-state index in [1.807, 2.05) is 6.07 Å². The Kier molecular flexibility index (Phi) is 5.77. The van der Waals surface area contributed by atoms with E-state index in [1.54, 1.807) is 36.0 Å². The number of nitrogens with zero attached hydrogens (tertiary/aromatic N) is 2. The number of methoxy groups -OCH3 is 1. The summed E-state index contributed by atoms with van der Waals surface area (Å²) in [5.41, 5.74) is 0.437. The first-order chi connectivity index (χ1) is 13.5. The summed E-state index contributed by atoms with van der Waals surface area (Å²) < 4.78 is 31.5. The van der Waals surface area contributed by atoms with E-state index in [4.69, 9.17) is 13.9 Å². The molecule has 0 radical (unpaired) electrons. The second-order valence-corrected chi connectivity index (χ2v) is 5.86. The van der Waals surface area contributed by atoms with Crippen molar-refractivity contribution in [3.8, 4) is 17.7 Å². The van der Waals surface area contributed by atoms with Crippen molar-refractivity contribution in [2.24, 2.45) is 0 Å². The van der Waals surface area contributed by atoms with E-state index in [-0.39, 0.29) is 40.8 Å². The lowest BCUT2D eigenvalue weighted by Crippen LogP contribution is -2.14. The summed E-state index contributed by atoms with van der Waals surface area (Å²) in [6.45, 7) is 2.13. The maximum absolute atomic E-state index is 14.2. The fourth-order valence-electron chi connectivity index (χ4n) is 2.68. The molecule has 0 aliphatic heterocycles. The van der Waals surface area contributed by atoms with Crippen LogP contribution >= 0.6 is 0 Å². The van der Waals surface area contributed by atoms with Gasteiger partial charge in [-0.3, -0.25) is 9.36 Å². The second-order valence-electron chi connectivity index (χ2n) is 5.86. The van der Waals surface area contributed by atoms with Crippen molar-refractivity contribution >= 4 is 11.6 Å². The lowest BCUT2D eigenvalue weighted by Gasteiger charge is -2.09. The molecule has 0 saturated carbocycles. The highest BCUT2D eigenvalue weighted by Crippen LogP contribution is 2.27. The molecule has 8 heteroatoms. The minimum Gasteiger partial charge on any atom is -0.488 e. The number of aromatic nitrogens is 1. The highest BCUT2D eigenvalue weighted by Gasteiger charge is 2.24. The van der Waals surface area contributed by atoms with E-state index >= 15 is 0 Å². The number of hydrogen-bond acceptors (Lipinski definition) is 5. The Morgan fingerprint density at radius 1 is 1.32 bits per heavy atom. The molecule has 0 aliphatic rings. The average Bonchev–Trinajstić information content (AvgIpc) is 3.30. The molecule has 0 unspecified atom stereocenters. The average molecular weight is 383 g/mol. The summed E-state index contributed by atoms with van der Waals surface area (Å²) in [5, 5.41) is 12.1. The van der Waals surface area contributed by atoms with E-state index in [1.165, 1.54) is 19.2 Å². The van der Waals surface area contributed by atoms with E-state index < -0.39 is 11.7 Å². The molecule has 3 aromatic rings. The molecule has 1 aromatic carbocycles. The molecule has 1 amide bonds. The van der Waals surface area contributed by atoms with Gasteiger partial charge in [0.05, 0.1) is 6.61 Å². The lowest BCUT2D eigenvalue weighted by molar-refractivity contribution is 0.102. The first kappa shape index (κ1) is 19.2. The Labute approximate surface area is 160 Å². The summed E-state index contributed by atoms with van der Waals surface area (Å²) in [5.74, 6) is -0.585. The van der Waals surface area contributed by atoms with Crippen molar-refractivity contribution in [1.29, 1.82) is 5.26 Å². The molecule has 28 heavy (non-hydrogen) atoms. The van der Waals surface area contributed by atoms with Crippen LogP contribution in [0.2, 0.25) is 0 Å². The fraction of sp³-hybridized carbons (Fsp3) is 0.200. The zero-order valence-corrected chi connectivity index (χ0v) is 15.4. The second kappa shape index (κ2) is 8.41. The minimum atomic E-state index is -0.619. The predicted molar refractivity (Wildman–Crippen MR) is 99.2 cm³/mol. The van der Waals surface area contributed by atoms with Crippen molar-refractivity contribution in [3.05, 3.63) is 65.4 Å². The van der Waals surface area contributed by atoms with E-state index in [9.17, 15) is 14.4 Å². The molecule has 0 atom stereocenters. The third kappa shape index (κ3) is 3.89. The molecule has 3 rings (SSSR count). The smallest absolute Gasteiger partial charge is 0.260 e. The van der Waals surface area contributed by atoms with Crippen LogP contribution in [0.1, 0.15) is 21.7 Å². The first-order valence-corrected chi connectivity index (χ1v) is 8.44. The molecule has 0 fully saturated rings. The van der Waals surface area contributed by atoms with Crippen molar-refractivity contribution in [2.45, 2.75) is 6.92 Å². The Morgan fingerprint density at radius 2 is 2.07 bits per heavy atom. The van der Waals surface area contributed by atoms with Crippen LogP contribution in [-0.2, 0) is 4.74 Å². The predicted octanol–water partition coefficient (Wildman–Crippen LogP) is 3.67. The number of carbonyl (C=O) groups excluding carboxylic acids is 1. The third-order valence-corrected chi connectivity index (χ3v) is 3.98. The van der Waals surface area contributed by atoms with Crippen LogP contribution in [0.4, 0.5) is 10.1 Å². The normalized spacial score (nSPS) is 10.5. The number of ether oxygens (including phenoxy) is 2. The molecule has 2 heterocycles. The van der Waals surface area contributed by atoms with Crippen molar-refractivity contribution in [2.75, 3.05) is 25.6 Å². The molecule has 144 valence electrons. The molecule has 1 N–H and O–H groups in total. The highest BCUT2D eigenvalue weighted by atomic mass is 19.1. The molecule has 0 bridgehead atoms. The van der Waals surface area contributed by atoms with E-state index in [2.05, 4.69) is 5.32 Å². The van der Waals surface area contributed by atoms with Gasteiger partial charge in [0.25, 0.3) is 5.91 Å². The van der Waals surface area contributed by atoms with Crippen LogP contribution in [-0.4, -0.2) is 30.8 Å². The molecule has 0 saturated heterocycles. The Balaban J connectivity index is 1.82. The van der Waals surface area contributed by atoms with Crippen LogP contribution in [0, 0.1) is 24.1 Å². The number of anilines is 1. The molecule has 0 spiro atoms. The topological polar surface area (TPSA) is 89.4 Å². The number of aryl methyl sites for hydroxylation is 1. The van der Waals surface area contributed by atoms with Crippen molar-refractivity contribution in [1.82, 2.24) is 4.57 Å². The number of halogens is 1. The van der Waals surface area contributed by atoms with Gasteiger partial charge < -0.3 is 19.2 Å². The number of carbonyl (C=O) groups is 1. The minimum absolute atomic E-state index is 0.0575. The highest BCUT2D eigenvalue weighted by molar-refractivity contribution is 6.07. The number of nitriles is 1. The SMILES string of the molecule is COCCOc1ccc(NC(=O)c2c(C)oc(-n3cccc3)c2C#N)cc1F. The molecular weight excluding hydrogens is 365 g/mol. The van der Waals surface area contributed by atoms with Gasteiger partial charge in [0, 0.05) is 31.3 Å². The maximum Gasteiger partial charge on any atom is 0.260 e. The number of hydrogen-bond donors (Lipinski definition) is 1. The van der Waals surface area contributed by atoms with Crippen LogP contribution < -0.4 is 10.1 Å². The number of benzene rings is 1. The summed E-state index contributed by atoms with van der Waals surface area (Å²) in [7, 11) is 1.52. The summed E-state index contributed by atoms with van der Waals surface area (Å²) in [6.07, 6.45) is 3.41. The number of amides is 1. The van der Waals surface area contributed by atoms with Crippen molar-refractivity contribution < 1.29 is 23.1 Å². The summed E-state index contributed by atoms with van der Waals surface area (Å²) in [4.78, 5) is 12.7. The summed E-state index contributed by atoms with van der Waals surface area (Å²) in [6, 6.07) is 9.63. The largest absolute Gasteiger partial charge is 0.488 e. The summed E-state index contributed by atoms with van der Waals surface area (Å²) >= 11 is 0. The Morgan fingerprint density at radius 3 is 2.71 bits per heavy atom. The van der Waals surface area contributed by atoms with Gasteiger partial charge in [0.15, 0.2) is 11.6 Å².